The highest BCUT2D eigenvalue weighted by Crippen LogP contribution is 2.33. The van der Waals surface area contributed by atoms with Crippen molar-refractivity contribution in [1.29, 1.82) is 0 Å². The molecule has 2 aliphatic heterocycles. The maximum atomic E-state index is 12.5. The lowest BCUT2D eigenvalue weighted by molar-refractivity contribution is -0.132. The molecule has 2 heterocycles. The maximum Gasteiger partial charge on any atom is 0.227 e. The Balaban J connectivity index is 1.73. The van der Waals surface area contributed by atoms with Crippen LogP contribution >= 0.6 is 0 Å². The van der Waals surface area contributed by atoms with Crippen LogP contribution in [0.25, 0.3) is 0 Å². The predicted molar refractivity (Wildman–Crippen MR) is 80.9 cm³/mol. The van der Waals surface area contributed by atoms with Gasteiger partial charge in [-0.05, 0) is 48.9 Å². The van der Waals surface area contributed by atoms with Gasteiger partial charge in [0.05, 0.1) is 6.42 Å². The smallest absolute Gasteiger partial charge is 0.227 e. The Kier molecular flexibility index (Phi) is 4.04. The van der Waals surface area contributed by atoms with E-state index in [0.29, 0.717) is 25.6 Å². The number of fused-ring (bicyclic) bond motifs is 1. The topological polar surface area (TPSA) is 38.8 Å². The number of rotatable bonds is 2. The highest BCUT2D eigenvalue weighted by atomic mass is 16.6. The molecule has 0 radical (unpaired) electrons. The molecule has 0 N–H and O–H groups in total. The highest BCUT2D eigenvalue weighted by molar-refractivity contribution is 5.79. The molecule has 1 aromatic rings. The van der Waals surface area contributed by atoms with Crippen LogP contribution < -0.4 is 9.47 Å². The average molecular weight is 289 g/mol. The summed E-state index contributed by atoms with van der Waals surface area (Å²) in [4.78, 5) is 14.5. The first-order valence-corrected chi connectivity index (χ1v) is 7.80. The summed E-state index contributed by atoms with van der Waals surface area (Å²) < 4.78 is 11.2. The Hall–Kier alpha value is -1.71. The lowest BCUT2D eigenvalue weighted by Crippen LogP contribution is -2.40. The third-order valence-corrected chi connectivity index (χ3v) is 4.35. The Labute approximate surface area is 126 Å². The van der Waals surface area contributed by atoms with Gasteiger partial charge < -0.3 is 14.4 Å². The minimum atomic E-state index is 0.223. The first-order valence-electron chi connectivity index (χ1n) is 7.80. The summed E-state index contributed by atoms with van der Waals surface area (Å²) in [5.74, 6) is 2.40. The molecule has 1 fully saturated rings. The molecule has 1 amide bonds. The number of ether oxygens (including phenoxy) is 2. The van der Waals surface area contributed by atoms with Gasteiger partial charge >= 0.3 is 0 Å². The molecule has 1 saturated heterocycles. The number of amides is 1. The molecule has 1 aromatic carbocycles. The molecule has 0 spiro atoms. The monoisotopic (exact) mass is 289 g/mol. The molecule has 0 aliphatic carbocycles. The number of piperidine rings is 1. The van der Waals surface area contributed by atoms with Crippen LogP contribution in [-0.4, -0.2) is 37.1 Å². The van der Waals surface area contributed by atoms with Gasteiger partial charge in [-0.25, -0.2) is 0 Å². The number of hydrogen-bond acceptors (Lipinski definition) is 3. The number of aryl methyl sites for hydroxylation is 1. The zero-order chi connectivity index (χ0) is 14.8. The van der Waals surface area contributed by atoms with Crippen molar-refractivity contribution in [3.63, 3.8) is 0 Å². The number of hydrogen-bond donors (Lipinski definition) is 0. The van der Waals surface area contributed by atoms with Gasteiger partial charge in [-0.15, -0.1) is 0 Å². The second kappa shape index (κ2) is 5.96. The standard InChI is InChI=1S/C17H23NO3/c1-12-4-3-5-18(11-12)17(19)10-14-9-16-15(8-13(14)2)20-6-7-21-16/h8-9,12H,3-7,10-11H2,1-2H3. The summed E-state index contributed by atoms with van der Waals surface area (Å²) in [6.07, 6.45) is 2.80. The van der Waals surface area contributed by atoms with E-state index in [1.165, 1.54) is 6.42 Å². The molecule has 0 bridgehead atoms. The van der Waals surface area contributed by atoms with Crippen LogP contribution in [-0.2, 0) is 11.2 Å². The summed E-state index contributed by atoms with van der Waals surface area (Å²) in [6, 6.07) is 3.95. The molecule has 0 saturated carbocycles. The molecule has 21 heavy (non-hydrogen) atoms. The van der Waals surface area contributed by atoms with Crippen LogP contribution in [0.1, 0.15) is 30.9 Å². The van der Waals surface area contributed by atoms with Crippen LogP contribution in [0.15, 0.2) is 12.1 Å². The van der Waals surface area contributed by atoms with Gasteiger partial charge in [0.1, 0.15) is 13.2 Å². The van der Waals surface area contributed by atoms with Crippen molar-refractivity contribution in [3.8, 4) is 11.5 Å². The van der Waals surface area contributed by atoms with Crippen molar-refractivity contribution in [3.05, 3.63) is 23.3 Å². The molecule has 1 unspecified atom stereocenters. The number of carbonyl (C=O) groups is 1. The third-order valence-electron chi connectivity index (χ3n) is 4.35. The van der Waals surface area contributed by atoms with Crippen molar-refractivity contribution < 1.29 is 14.3 Å². The highest BCUT2D eigenvalue weighted by Gasteiger charge is 2.22. The van der Waals surface area contributed by atoms with E-state index in [9.17, 15) is 4.79 Å². The fourth-order valence-corrected chi connectivity index (χ4v) is 3.11. The second-order valence-corrected chi connectivity index (χ2v) is 6.19. The molecule has 2 aliphatic rings. The first kappa shape index (κ1) is 14.2. The van der Waals surface area contributed by atoms with Crippen LogP contribution in [0, 0.1) is 12.8 Å². The van der Waals surface area contributed by atoms with Crippen molar-refractivity contribution in [2.24, 2.45) is 5.92 Å². The molecule has 4 heteroatoms. The van der Waals surface area contributed by atoms with Gasteiger partial charge in [0.15, 0.2) is 11.5 Å². The number of nitrogens with zero attached hydrogens (tertiary/aromatic N) is 1. The lowest BCUT2D eigenvalue weighted by Gasteiger charge is -2.31. The molecule has 1 atom stereocenters. The Bertz CT molecular complexity index is 541. The van der Waals surface area contributed by atoms with Gasteiger partial charge in [0, 0.05) is 13.1 Å². The number of likely N-dealkylation sites (tertiary alicyclic amines) is 1. The average Bonchev–Trinajstić information content (AvgIpc) is 2.48. The minimum absolute atomic E-state index is 0.223. The summed E-state index contributed by atoms with van der Waals surface area (Å²) in [6.45, 7) is 7.20. The predicted octanol–water partition coefficient (Wildman–Crippen LogP) is 2.57. The summed E-state index contributed by atoms with van der Waals surface area (Å²) in [7, 11) is 0. The molecular weight excluding hydrogens is 266 g/mol. The van der Waals surface area contributed by atoms with Crippen LogP contribution in [0.4, 0.5) is 0 Å². The SMILES string of the molecule is Cc1cc2c(cc1CC(=O)N1CCCC(C)C1)OCCO2. The zero-order valence-corrected chi connectivity index (χ0v) is 12.9. The molecule has 0 aromatic heterocycles. The Morgan fingerprint density at radius 2 is 2.00 bits per heavy atom. The van der Waals surface area contributed by atoms with Gasteiger partial charge in [-0.1, -0.05) is 6.92 Å². The van der Waals surface area contributed by atoms with E-state index in [4.69, 9.17) is 9.47 Å². The Morgan fingerprint density at radius 1 is 1.29 bits per heavy atom. The quantitative estimate of drug-likeness (QED) is 0.840. The van der Waals surface area contributed by atoms with E-state index < -0.39 is 0 Å². The van der Waals surface area contributed by atoms with E-state index in [1.54, 1.807) is 0 Å². The van der Waals surface area contributed by atoms with Gasteiger partial charge in [-0.2, -0.15) is 0 Å². The maximum absolute atomic E-state index is 12.5. The van der Waals surface area contributed by atoms with Gasteiger partial charge in [-0.3, -0.25) is 4.79 Å². The molecule has 114 valence electrons. The van der Waals surface area contributed by atoms with E-state index >= 15 is 0 Å². The minimum Gasteiger partial charge on any atom is -0.486 e. The van der Waals surface area contributed by atoms with Crippen molar-refractivity contribution in [1.82, 2.24) is 4.90 Å². The van der Waals surface area contributed by atoms with Crippen LogP contribution in [0.2, 0.25) is 0 Å². The largest absolute Gasteiger partial charge is 0.486 e. The van der Waals surface area contributed by atoms with Crippen molar-refractivity contribution >= 4 is 5.91 Å². The van der Waals surface area contributed by atoms with Crippen molar-refractivity contribution in [2.75, 3.05) is 26.3 Å². The fraction of sp³-hybridized carbons (Fsp3) is 0.588. The van der Waals surface area contributed by atoms with Crippen molar-refractivity contribution in [2.45, 2.75) is 33.1 Å². The zero-order valence-electron chi connectivity index (χ0n) is 12.9. The molecule has 4 nitrogen and oxygen atoms in total. The lowest BCUT2D eigenvalue weighted by atomic mass is 9.98. The summed E-state index contributed by atoms with van der Waals surface area (Å²) in [5.41, 5.74) is 2.14. The van der Waals surface area contributed by atoms with E-state index in [1.807, 2.05) is 24.0 Å². The van der Waals surface area contributed by atoms with Crippen LogP contribution in [0.5, 0.6) is 11.5 Å². The van der Waals surface area contributed by atoms with Crippen LogP contribution in [0.3, 0.4) is 0 Å². The van der Waals surface area contributed by atoms with E-state index in [2.05, 4.69) is 6.92 Å². The second-order valence-electron chi connectivity index (χ2n) is 6.19. The Morgan fingerprint density at radius 3 is 2.71 bits per heavy atom. The normalized spacial score (nSPS) is 21.2. The third kappa shape index (κ3) is 3.14. The van der Waals surface area contributed by atoms with E-state index in [-0.39, 0.29) is 5.91 Å². The van der Waals surface area contributed by atoms with Gasteiger partial charge in [0.25, 0.3) is 0 Å². The van der Waals surface area contributed by atoms with E-state index in [0.717, 1.165) is 42.1 Å². The summed E-state index contributed by atoms with van der Waals surface area (Å²) >= 11 is 0. The first-order chi connectivity index (χ1) is 10.1. The number of benzene rings is 1. The van der Waals surface area contributed by atoms with Gasteiger partial charge in [0.2, 0.25) is 5.91 Å². The fourth-order valence-electron chi connectivity index (χ4n) is 3.11. The number of carbonyl (C=O) groups excluding carboxylic acids is 1. The summed E-state index contributed by atoms with van der Waals surface area (Å²) in [5, 5.41) is 0. The molecular formula is C17H23NO3. The molecule has 3 rings (SSSR count).